The molecule has 0 spiro atoms. The third-order valence-electron chi connectivity index (χ3n) is 2.28. The summed E-state index contributed by atoms with van der Waals surface area (Å²) in [6.45, 7) is -0.523. The van der Waals surface area contributed by atoms with Crippen molar-refractivity contribution in [3.8, 4) is 0 Å². The van der Waals surface area contributed by atoms with Gasteiger partial charge in [-0.05, 0) is 28.1 Å². The largest absolute Gasteiger partial charge is 0.468 e. The van der Waals surface area contributed by atoms with Crippen molar-refractivity contribution in [2.45, 2.75) is 4.90 Å². The number of benzene rings is 1. The third-order valence-corrected chi connectivity index (χ3v) is 4.66. The second-order valence-electron chi connectivity index (χ2n) is 3.65. The zero-order valence-corrected chi connectivity index (χ0v) is 12.6. The number of sulfonamides is 1. The van der Waals surface area contributed by atoms with Crippen molar-refractivity contribution in [1.82, 2.24) is 4.31 Å². The Bertz CT molecular complexity index is 606. The molecule has 0 unspecified atom stereocenters. The molecule has 0 bridgehead atoms. The molecule has 1 rings (SSSR count). The molecule has 106 valence electrons. The van der Waals surface area contributed by atoms with Gasteiger partial charge < -0.3 is 10.5 Å². The van der Waals surface area contributed by atoms with Crippen LogP contribution in [0.15, 0.2) is 21.5 Å². The Morgan fingerprint density at radius 1 is 1.53 bits per heavy atom. The summed E-state index contributed by atoms with van der Waals surface area (Å²) < 4.78 is 43.0. The monoisotopic (exact) mass is 354 g/mol. The summed E-state index contributed by atoms with van der Waals surface area (Å²) in [5, 5.41) is 0. The number of nitrogens with two attached hydrogens (primary N) is 1. The van der Waals surface area contributed by atoms with Crippen molar-refractivity contribution in [3.63, 3.8) is 0 Å². The van der Waals surface area contributed by atoms with Gasteiger partial charge in [0, 0.05) is 12.7 Å². The Morgan fingerprint density at radius 3 is 2.63 bits per heavy atom. The number of carbonyl (C=O) groups excluding carboxylic acids is 1. The molecule has 19 heavy (non-hydrogen) atoms. The summed E-state index contributed by atoms with van der Waals surface area (Å²) in [5.41, 5.74) is 5.56. The lowest BCUT2D eigenvalue weighted by molar-refractivity contribution is -0.140. The third kappa shape index (κ3) is 3.43. The summed E-state index contributed by atoms with van der Waals surface area (Å²) in [5.74, 6) is -1.72. The van der Waals surface area contributed by atoms with Gasteiger partial charge in [-0.15, -0.1) is 0 Å². The van der Waals surface area contributed by atoms with E-state index in [1.54, 1.807) is 0 Å². The van der Waals surface area contributed by atoms with Gasteiger partial charge in [0.2, 0.25) is 10.0 Å². The van der Waals surface area contributed by atoms with Gasteiger partial charge in [0.1, 0.15) is 11.4 Å². The number of methoxy groups -OCH3 is 1. The maximum Gasteiger partial charge on any atom is 0.321 e. The van der Waals surface area contributed by atoms with E-state index in [1.807, 2.05) is 0 Å². The molecule has 0 fully saturated rings. The van der Waals surface area contributed by atoms with Crippen LogP contribution in [-0.4, -0.2) is 39.4 Å². The van der Waals surface area contributed by atoms with Gasteiger partial charge in [0.15, 0.2) is 5.82 Å². The predicted octanol–water partition coefficient (Wildman–Crippen LogP) is 0.964. The molecular weight excluding hydrogens is 343 g/mol. The van der Waals surface area contributed by atoms with Crippen LogP contribution >= 0.6 is 15.9 Å². The highest BCUT2D eigenvalue weighted by molar-refractivity contribution is 9.10. The van der Waals surface area contributed by atoms with E-state index < -0.39 is 33.3 Å². The molecule has 0 saturated heterocycles. The number of hydrogen-bond donors (Lipinski definition) is 1. The van der Waals surface area contributed by atoms with E-state index >= 15 is 0 Å². The molecule has 0 heterocycles. The second-order valence-corrected chi connectivity index (χ2v) is 6.52. The number of esters is 1. The molecular formula is C10H12BrFN2O4S. The lowest BCUT2D eigenvalue weighted by Crippen LogP contribution is -2.33. The molecule has 0 aliphatic rings. The van der Waals surface area contributed by atoms with E-state index in [4.69, 9.17) is 5.73 Å². The number of nitrogens with zero attached hydrogens (tertiary/aromatic N) is 1. The number of halogens is 2. The first kappa shape index (κ1) is 15.9. The first-order valence-corrected chi connectivity index (χ1v) is 7.21. The van der Waals surface area contributed by atoms with E-state index in [1.165, 1.54) is 6.07 Å². The van der Waals surface area contributed by atoms with Gasteiger partial charge in [-0.3, -0.25) is 4.79 Å². The van der Waals surface area contributed by atoms with E-state index in [0.29, 0.717) is 4.31 Å². The van der Waals surface area contributed by atoms with Crippen molar-refractivity contribution >= 4 is 37.6 Å². The van der Waals surface area contributed by atoms with E-state index in [0.717, 1.165) is 20.2 Å². The first-order chi connectivity index (χ1) is 8.70. The summed E-state index contributed by atoms with van der Waals surface area (Å²) >= 11 is 2.87. The highest BCUT2D eigenvalue weighted by Crippen LogP contribution is 2.27. The van der Waals surface area contributed by atoms with Crippen LogP contribution in [0.25, 0.3) is 0 Å². The van der Waals surface area contributed by atoms with Crippen molar-refractivity contribution in [3.05, 3.63) is 22.4 Å². The van der Waals surface area contributed by atoms with E-state index in [9.17, 15) is 17.6 Å². The van der Waals surface area contributed by atoms with Gasteiger partial charge in [-0.2, -0.15) is 4.31 Å². The van der Waals surface area contributed by atoms with Gasteiger partial charge in [0.05, 0.1) is 11.6 Å². The Kier molecular flexibility index (Phi) is 4.88. The lowest BCUT2D eigenvalue weighted by Gasteiger charge is -2.17. The van der Waals surface area contributed by atoms with E-state index in [-0.39, 0.29) is 10.2 Å². The average molecular weight is 355 g/mol. The fraction of sp³-hybridized carbons (Fsp3) is 0.300. The summed E-state index contributed by atoms with van der Waals surface area (Å²) in [4.78, 5) is 10.5. The first-order valence-electron chi connectivity index (χ1n) is 4.97. The average Bonchev–Trinajstić information content (AvgIpc) is 2.33. The van der Waals surface area contributed by atoms with Crippen LogP contribution in [0.1, 0.15) is 0 Å². The van der Waals surface area contributed by atoms with Crippen molar-refractivity contribution in [2.75, 3.05) is 26.4 Å². The lowest BCUT2D eigenvalue weighted by atomic mass is 10.3. The van der Waals surface area contributed by atoms with E-state index in [2.05, 4.69) is 20.7 Å². The maximum absolute atomic E-state index is 13.8. The van der Waals surface area contributed by atoms with Crippen LogP contribution in [0, 0.1) is 5.82 Å². The smallest absolute Gasteiger partial charge is 0.321 e. The number of carbonyl (C=O) groups is 1. The number of nitrogen functional groups attached to an aromatic ring is 1. The van der Waals surface area contributed by atoms with Crippen LogP contribution in [0.4, 0.5) is 10.1 Å². The standard InChI is InChI=1S/C10H12BrFN2O4S/c1-14(5-9(15)18-2)19(16,17)8-4-6(13)3-7(11)10(8)12/h3-4H,5,13H2,1-2H3. The molecule has 0 aliphatic carbocycles. The molecule has 0 saturated carbocycles. The molecule has 0 aromatic heterocycles. The Balaban J connectivity index is 3.24. The van der Waals surface area contributed by atoms with Crippen molar-refractivity contribution < 1.29 is 22.3 Å². The minimum atomic E-state index is -4.17. The van der Waals surface area contributed by atoms with Crippen LogP contribution in [0.2, 0.25) is 0 Å². The predicted molar refractivity (Wildman–Crippen MR) is 70.3 cm³/mol. The Hall–Kier alpha value is -1.19. The fourth-order valence-corrected chi connectivity index (χ4v) is 3.11. The number of anilines is 1. The van der Waals surface area contributed by atoms with Crippen LogP contribution < -0.4 is 5.73 Å². The van der Waals surface area contributed by atoms with Gasteiger partial charge in [-0.1, -0.05) is 0 Å². The molecule has 1 aromatic carbocycles. The number of rotatable bonds is 4. The normalized spacial score (nSPS) is 11.6. The summed E-state index contributed by atoms with van der Waals surface area (Å²) in [6, 6.07) is 2.23. The zero-order valence-electron chi connectivity index (χ0n) is 10.2. The Morgan fingerprint density at radius 2 is 2.11 bits per heavy atom. The molecule has 9 heteroatoms. The zero-order chi connectivity index (χ0) is 14.8. The van der Waals surface area contributed by atoms with Crippen LogP contribution in [-0.2, 0) is 19.6 Å². The molecule has 6 nitrogen and oxygen atoms in total. The fourth-order valence-electron chi connectivity index (χ4n) is 1.27. The van der Waals surface area contributed by atoms with Crippen molar-refractivity contribution in [1.29, 1.82) is 0 Å². The number of ether oxygens (including phenoxy) is 1. The Labute approximate surface area is 118 Å². The number of likely N-dealkylation sites (N-methyl/N-ethyl adjacent to an activating group) is 1. The quantitative estimate of drug-likeness (QED) is 0.642. The molecule has 0 atom stereocenters. The summed E-state index contributed by atoms with van der Waals surface area (Å²) in [7, 11) is -1.91. The molecule has 0 aliphatic heterocycles. The van der Waals surface area contributed by atoms with Gasteiger partial charge in [-0.25, -0.2) is 12.8 Å². The SMILES string of the molecule is COC(=O)CN(C)S(=O)(=O)c1cc(N)cc(Br)c1F. The van der Waals surface area contributed by atoms with Crippen molar-refractivity contribution in [2.24, 2.45) is 0 Å². The van der Waals surface area contributed by atoms with Crippen LogP contribution in [0.5, 0.6) is 0 Å². The highest BCUT2D eigenvalue weighted by Gasteiger charge is 2.28. The summed E-state index contributed by atoms with van der Waals surface area (Å²) in [6.07, 6.45) is 0. The topological polar surface area (TPSA) is 89.7 Å². The molecule has 2 N–H and O–H groups in total. The molecule has 1 aromatic rings. The van der Waals surface area contributed by atoms with Gasteiger partial charge in [0.25, 0.3) is 0 Å². The maximum atomic E-state index is 13.8. The minimum Gasteiger partial charge on any atom is -0.468 e. The minimum absolute atomic E-state index is 0.0717. The van der Waals surface area contributed by atoms with Crippen LogP contribution in [0.3, 0.4) is 0 Å². The molecule has 0 amide bonds. The van der Waals surface area contributed by atoms with Gasteiger partial charge >= 0.3 is 5.97 Å². The molecule has 0 radical (unpaired) electrons. The second kappa shape index (κ2) is 5.85. The highest BCUT2D eigenvalue weighted by atomic mass is 79.9. The number of hydrogen-bond acceptors (Lipinski definition) is 5.